The van der Waals surface area contributed by atoms with Crippen molar-refractivity contribution in [2.45, 2.75) is 44.6 Å². The second kappa shape index (κ2) is 8.38. The number of carbonyl (C=O) groups is 2. The van der Waals surface area contributed by atoms with Crippen molar-refractivity contribution in [3.63, 3.8) is 0 Å². The summed E-state index contributed by atoms with van der Waals surface area (Å²) in [6, 6.07) is 7.09. The van der Waals surface area contributed by atoms with E-state index in [1.165, 1.54) is 6.42 Å². The molecular formula is C18H26ClN3O2. The van der Waals surface area contributed by atoms with Crippen molar-refractivity contribution in [1.82, 2.24) is 10.2 Å². The van der Waals surface area contributed by atoms with Gasteiger partial charge in [0.05, 0.1) is 5.56 Å². The fourth-order valence-corrected chi connectivity index (χ4v) is 3.65. The van der Waals surface area contributed by atoms with Crippen LogP contribution in [0.25, 0.3) is 0 Å². The predicted molar refractivity (Wildman–Crippen MR) is 97.1 cm³/mol. The summed E-state index contributed by atoms with van der Waals surface area (Å²) in [7, 11) is 0. The monoisotopic (exact) mass is 351 g/mol. The van der Waals surface area contributed by atoms with Crippen LogP contribution in [0.4, 0.5) is 5.69 Å². The Labute approximate surface area is 149 Å². The molecule has 2 aliphatic rings. The van der Waals surface area contributed by atoms with Gasteiger partial charge in [-0.1, -0.05) is 31.4 Å². The molecule has 1 aliphatic carbocycles. The van der Waals surface area contributed by atoms with Gasteiger partial charge in [-0.05, 0) is 31.4 Å². The number of nitrogen functional groups attached to an aromatic ring is 1. The van der Waals surface area contributed by atoms with Crippen molar-refractivity contribution in [3.8, 4) is 0 Å². The standard InChI is InChI=1S/C18H25N3O2.ClH/c19-16-9-5-4-8-15(16)17(22)20-14-10-11-21(12-14)18(23)13-6-2-1-3-7-13;/h4-5,8-9,13-14H,1-3,6-7,10-12,19H2,(H,20,22);1H. The highest BCUT2D eigenvalue weighted by Crippen LogP contribution is 2.26. The van der Waals surface area contributed by atoms with Crippen LogP contribution in [0.15, 0.2) is 24.3 Å². The lowest BCUT2D eigenvalue weighted by molar-refractivity contribution is -0.135. The van der Waals surface area contributed by atoms with Crippen LogP contribution in [0.5, 0.6) is 0 Å². The van der Waals surface area contributed by atoms with E-state index in [2.05, 4.69) is 5.32 Å². The van der Waals surface area contributed by atoms with Crippen LogP contribution < -0.4 is 11.1 Å². The third-order valence-electron chi connectivity index (χ3n) is 4.99. The van der Waals surface area contributed by atoms with Gasteiger partial charge in [0.2, 0.25) is 5.91 Å². The third kappa shape index (κ3) is 4.20. The number of likely N-dealkylation sites (tertiary alicyclic amines) is 1. The van der Waals surface area contributed by atoms with Crippen LogP contribution in [-0.2, 0) is 4.79 Å². The van der Waals surface area contributed by atoms with E-state index in [9.17, 15) is 9.59 Å². The molecule has 0 radical (unpaired) electrons. The fourth-order valence-electron chi connectivity index (χ4n) is 3.65. The Morgan fingerprint density at radius 2 is 1.79 bits per heavy atom. The second-order valence-corrected chi connectivity index (χ2v) is 6.67. The summed E-state index contributed by atoms with van der Waals surface area (Å²) in [6.07, 6.45) is 6.44. The van der Waals surface area contributed by atoms with E-state index in [-0.39, 0.29) is 36.2 Å². The largest absolute Gasteiger partial charge is 0.398 e. The lowest BCUT2D eigenvalue weighted by atomic mass is 9.88. The smallest absolute Gasteiger partial charge is 0.253 e. The first-order chi connectivity index (χ1) is 11.1. The normalized spacial score (nSPS) is 21.2. The predicted octanol–water partition coefficient (Wildman–Crippen LogP) is 2.60. The average molecular weight is 352 g/mol. The minimum Gasteiger partial charge on any atom is -0.398 e. The van der Waals surface area contributed by atoms with Crippen molar-refractivity contribution < 1.29 is 9.59 Å². The number of hydrogen-bond acceptors (Lipinski definition) is 3. The first kappa shape index (κ1) is 18.6. The van der Waals surface area contributed by atoms with E-state index < -0.39 is 0 Å². The van der Waals surface area contributed by atoms with E-state index in [1.807, 2.05) is 11.0 Å². The van der Waals surface area contributed by atoms with E-state index in [0.29, 0.717) is 17.8 Å². The van der Waals surface area contributed by atoms with Crippen LogP contribution in [0, 0.1) is 5.92 Å². The molecule has 6 heteroatoms. The Hall–Kier alpha value is -1.75. The topological polar surface area (TPSA) is 75.4 Å². The quantitative estimate of drug-likeness (QED) is 0.822. The highest BCUT2D eigenvalue weighted by Gasteiger charge is 2.32. The zero-order chi connectivity index (χ0) is 16.2. The lowest BCUT2D eigenvalue weighted by Gasteiger charge is -2.26. The molecule has 5 nitrogen and oxygen atoms in total. The summed E-state index contributed by atoms with van der Waals surface area (Å²) < 4.78 is 0. The van der Waals surface area contributed by atoms with Gasteiger partial charge in [-0.2, -0.15) is 0 Å². The summed E-state index contributed by atoms with van der Waals surface area (Å²) in [5, 5.41) is 3.01. The third-order valence-corrected chi connectivity index (χ3v) is 4.99. The Morgan fingerprint density at radius 3 is 2.50 bits per heavy atom. The molecule has 2 amide bonds. The zero-order valence-corrected chi connectivity index (χ0v) is 14.7. The van der Waals surface area contributed by atoms with Crippen LogP contribution in [0.3, 0.4) is 0 Å². The summed E-state index contributed by atoms with van der Waals surface area (Å²) in [5.41, 5.74) is 6.83. The number of anilines is 1. The number of nitrogens with one attached hydrogen (secondary N) is 1. The van der Waals surface area contributed by atoms with Gasteiger partial charge in [0.1, 0.15) is 0 Å². The molecule has 0 spiro atoms. The van der Waals surface area contributed by atoms with Gasteiger partial charge in [0, 0.05) is 30.7 Å². The van der Waals surface area contributed by atoms with E-state index >= 15 is 0 Å². The first-order valence-corrected chi connectivity index (χ1v) is 8.59. The number of amides is 2. The van der Waals surface area contributed by atoms with Crippen molar-refractivity contribution in [3.05, 3.63) is 29.8 Å². The first-order valence-electron chi connectivity index (χ1n) is 8.59. The molecule has 2 fully saturated rings. The summed E-state index contributed by atoms with van der Waals surface area (Å²) in [5.74, 6) is 0.323. The molecule has 1 atom stereocenters. The molecule has 1 aromatic rings. The van der Waals surface area contributed by atoms with Crippen molar-refractivity contribution in [2.24, 2.45) is 5.92 Å². The summed E-state index contributed by atoms with van der Waals surface area (Å²) in [4.78, 5) is 26.8. The van der Waals surface area contributed by atoms with E-state index in [4.69, 9.17) is 5.73 Å². The van der Waals surface area contributed by atoms with E-state index in [1.54, 1.807) is 18.2 Å². The Kier molecular flexibility index (Phi) is 6.49. The summed E-state index contributed by atoms with van der Waals surface area (Å²) >= 11 is 0. The van der Waals surface area contributed by atoms with E-state index in [0.717, 1.165) is 38.6 Å². The van der Waals surface area contributed by atoms with Gasteiger partial charge in [0.15, 0.2) is 0 Å². The van der Waals surface area contributed by atoms with Gasteiger partial charge in [-0.3, -0.25) is 9.59 Å². The maximum atomic E-state index is 12.5. The molecule has 3 N–H and O–H groups in total. The van der Waals surface area contributed by atoms with Crippen LogP contribution in [0.2, 0.25) is 0 Å². The molecule has 0 bridgehead atoms. The SMILES string of the molecule is Cl.Nc1ccccc1C(=O)NC1CCN(C(=O)C2CCCCC2)C1. The molecule has 3 rings (SSSR count). The van der Waals surface area contributed by atoms with Crippen molar-refractivity contribution in [1.29, 1.82) is 0 Å². The molecule has 132 valence electrons. The van der Waals surface area contributed by atoms with Gasteiger partial charge in [0.25, 0.3) is 5.91 Å². The average Bonchev–Trinajstić information content (AvgIpc) is 3.03. The zero-order valence-electron chi connectivity index (χ0n) is 13.9. The maximum Gasteiger partial charge on any atom is 0.253 e. The molecule has 1 unspecified atom stereocenters. The van der Waals surface area contributed by atoms with Crippen LogP contribution in [-0.4, -0.2) is 35.8 Å². The lowest BCUT2D eigenvalue weighted by Crippen LogP contribution is -2.40. The molecule has 1 saturated heterocycles. The number of para-hydroxylation sites is 1. The molecule has 1 heterocycles. The van der Waals surface area contributed by atoms with Gasteiger partial charge in [-0.25, -0.2) is 0 Å². The highest BCUT2D eigenvalue weighted by molar-refractivity contribution is 5.99. The number of nitrogens with two attached hydrogens (primary N) is 1. The number of hydrogen-bond donors (Lipinski definition) is 2. The molecule has 0 aromatic heterocycles. The van der Waals surface area contributed by atoms with Gasteiger partial charge in [-0.15, -0.1) is 12.4 Å². The molecular weight excluding hydrogens is 326 g/mol. The Balaban J connectivity index is 0.00000208. The van der Waals surface area contributed by atoms with Gasteiger partial charge < -0.3 is 16.0 Å². The Morgan fingerprint density at radius 1 is 1.08 bits per heavy atom. The van der Waals surface area contributed by atoms with Crippen molar-refractivity contribution in [2.75, 3.05) is 18.8 Å². The summed E-state index contributed by atoms with van der Waals surface area (Å²) in [6.45, 7) is 1.36. The minimum atomic E-state index is -0.153. The number of halogens is 1. The number of carbonyl (C=O) groups excluding carboxylic acids is 2. The second-order valence-electron chi connectivity index (χ2n) is 6.67. The van der Waals surface area contributed by atoms with Crippen molar-refractivity contribution >= 4 is 29.9 Å². The Bertz CT molecular complexity index is 587. The fraction of sp³-hybridized carbons (Fsp3) is 0.556. The highest BCUT2D eigenvalue weighted by atomic mass is 35.5. The number of rotatable bonds is 3. The van der Waals surface area contributed by atoms with Gasteiger partial charge >= 0.3 is 0 Å². The molecule has 1 aromatic carbocycles. The minimum absolute atomic E-state index is 0. The van der Waals surface area contributed by atoms with Crippen LogP contribution in [0.1, 0.15) is 48.9 Å². The number of benzene rings is 1. The number of nitrogens with zero attached hydrogens (tertiary/aromatic N) is 1. The molecule has 24 heavy (non-hydrogen) atoms. The molecule has 1 aliphatic heterocycles. The molecule has 1 saturated carbocycles. The van der Waals surface area contributed by atoms with Crippen LogP contribution >= 0.6 is 12.4 Å². The maximum absolute atomic E-state index is 12.5.